The molecule has 0 spiro atoms. The zero-order chi connectivity index (χ0) is 27.8. The standard InChI is InChI=1S/C31H24Cl2N2O4S/c1-2-38-27(36)17-39-21-8-5-6-18(14-21)15-26-30(37)35-29(23-13-11-20(32)16-25(23)33)24-12-10-19-7-3-4-9-22(19)28(24)34-31(35)40-26/h3-9,11,13-16,29H,2,10,12,17H2,1H3. The van der Waals surface area contributed by atoms with Gasteiger partial charge in [0.05, 0.1) is 22.9 Å². The van der Waals surface area contributed by atoms with Crippen LogP contribution in [0, 0.1) is 0 Å². The van der Waals surface area contributed by atoms with Crippen LogP contribution in [0.25, 0.3) is 11.8 Å². The lowest BCUT2D eigenvalue weighted by Gasteiger charge is -2.31. The van der Waals surface area contributed by atoms with E-state index in [0.717, 1.165) is 40.8 Å². The summed E-state index contributed by atoms with van der Waals surface area (Å²) >= 11 is 14.3. The second-order valence-corrected chi connectivity index (χ2v) is 11.3. The van der Waals surface area contributed by atoms with Crippen LogP contribution in [-0.2, 0) is 16.0 Å². The van der Waals surface area contributed by atoms with Gasteiger partial charge in [-0.2, -0.15) is 0 Å². The van der Waals surface area contributed by atoms with Crippen molar-refractivity contribution < 1.29 is 14.3 Å². The number of fused-ring (bicyclic) bond motifs is 3. The largest absolute Gasteiger partial charge is 0.482 e. The number of aryl methyl sites for hydroxylation is 1. The van der Waals surface area contributed by atoms with Gasteiger partial charge >= 0.3 is 5.97 Å². The van der Waals surface area contributed by atoms with Crippen LogP contribution in [0.3, 0.4) is 0 Å². The summed E-state index contributed by atoms with van der Waals surface area (Å²) in [5.41, 5.74) is 5.73. The lowest BCUT2D eigenvalue weighted by Crippen LogP contribution is -2.38. The van der Waals surface area contributed by atoms with E-state index in [1.165, 1.54) is 16.9 Å². The average molecular weight is 592 g/mol. The lowest BCUT2D eigenvalue weighted by atomic mass is 9.83. The molecule has 6 nitrogen and oxygen atoms in total. The van der Waals surface area contributed by atoms with Crippen molar-refractivity contribution in [3.8, 4) is 5.75 Å². The van der Waals surface area contributed by atoms with Gasteiger partial charge in [0.1, 0.15) is 5.75 Å². The van der Waals surface area contributed by atoms with Crippen molar-refractivity contribution in [3.63, 3.8) is 0 Å². The first-order valence-corrected chi connectivity index (χ1v) is 14.5. The van der Waals surface area contributed by atoms with Crippen LogP contribution in [0.4, 0.5) is 0 Å². The van der Waals surface area contributed by atoms with Crippen molar-refractivity contribution in [1.29, 1.82) is 0 Å². The van der Waals surface area contributed by atoms with E-state index in [1.54, 1.807) is 35.8 Å². The van der Waals surface area contributed by atoms with Gasteiger partial charge < -0.3 is 9.47 Å². The maximum Gasteiger partial charge on any atom is 0.344 e. The molecule has 0 bridgehead atoms. The Morgan fingerprint density at radius 2 is 1.95 bits per heavy atom. The molecule has 1 atom stereocenters. The van der Waals surface area contributed by atoms with Crippen molar-refractivity contribution in [2.75, 3.05) is 13.2 Å². The molecule has 4 aromatic rings. The predicted octanol–water partition coefficient (Wildman–Crippen LogP) is 5.57. The molecular formula is C31H24Cl2N2O4S. The summed E-state index contributed by atoms with van der Waals surface area (Å²) < 4.78 is 12.8. The summed E-state index contributed by atoms with van der Waals surface area (Å²) in [6.45, 7) is 1.85. The zero-order valence-corrected chi connectivity index (χ0v) is 23.9. The topological polar surface area (TPSA) is 69.9 Å². The summed E-state index contributed by atoms with van der Waals surface area (Å²) in [5, 5.41) is 1.04. The first-order chi connectivity index (χ1) is 19.4. The number of rotatable bonds is 6. The summed E-state index contributed by atoms with van der Waals surface area (Å²) in [7, 11) is 0. The smallest absolute Gasteiger partial charge is 0.344 e. The highest BCUT2D eigenvalue weighted by Gasteiger charge is 2.33. The molecule has 2 heterocycles. The second-order valence-electron chi connectivity index (χ2n) is 9.45. The van der Waals surface area contributed by atoms with E-state index >= 15 is 0 Å². The summed E-state index contributed by atoms with van der Waals surface area (Å²) in [4.78, 5) is 31.3. The third-order valence-electron chi connectivity index (χ3n) is 6.95. The number of allylic oxidation sites excluding steroid dienone is 1. The fourth-order valence-electron chi connectivity index (χ4n) is 5.21. The van der Waals surface area contributed by atoms with E-state index in [2.05, 4.69) is 12.1 Å². The number of thiazole rings is 1. The number of benzene rings is 3. The zero-order valence-electron chi connectivity index (χ0n) is 21.5. The molecule has 1 aromatic heterocycles. The molecule has 3 aromatic carbocycles. The molecule has 0 amide bonds. The Kier molecular flexibility index (Phi) is 7.36. The third kappa shape index (κ3) is 5.01. The quantitative estimate of drug-likeness (QED) is 0.275. The molecular weight excluding hydrogens is 567 g/mol. The Balaban J connectivity index is 1.48. The average Bonchev–Trinajstić information content (AvgIpc) is 3.25. The second kappa shape index (κ2) is 11.1. The van der Waals surface area contributed by atoms with Gasteiger partial charge in [-0.05, 0) is 72.4 Å². The SMILES string of the molecule is CCOC(=O)COc1cccc(C=c2sc3n(c2=O)C(c2ccc(Cl)cc2Cl)C2=C(N=3)c3ccccc3CC2)c1. The van der Waals surface area contributed by atoms with Crippen molar-refractivity contribution in [2.24, 2.45) is 4.99 Å². The molecule has 9 heteroatoms. The van der Waals surface area contributed by atoms with Crippen LogP contribution in [0.5, 0.6) is 5.75 Å². The highest BCUT2D eigenvalue weighted by atomic mass is 35.5. The van der Waals surface area contributed by atoms with E-state index < -0.39 is 12.0 Å². The number of ether oxygens (including phenoxy) is 2. The van der Waals surface area contributed by atoms with E-state index in [0.29, 0.717) is 31.7 Å². The fraction of sp³-hybridized carbons (Fsp3) is 0.194. The summed E-state index contributed by atoms with van der Waals surface area (Å²) in [6, 6.07) is 20.5. The fourth-order valence-corrected chi connectivity index (χ4v) is 6.73. The van der Waals surface area contributed by atoms with Gasteiger partial charge in [-0.25, -0.2) is 9.79 Å². The molecule has 40 heavy (non-hydrogen) atoms. The predicted molar refractivity (Wildman–Crippen MR) is 158 cm³/mol. The Morgan fingerprint density at radius 1 is 1.10 bits per heavy atom. The van der Waals surface area contributed by atoms with Crippen LogP contribution in [-0.4, -0.2) is 23.8 Å². The van der Waals surface area contributed by atoms with Gasteiger partial charge in [0.25, 0.3) is 5.56 Å². The summed E-state index contributed by atoms with van der Waals surface area (Å²) in [5.74, 6) is 0.0695. The van der Waals surface area contributed by atoms with Gasteiger partial charge in [0.15, 0.2) is 11.4 Å². The normalized spacial score (nSPS) is 16.1. The van der Waals surface area contributed by atoms with E-state index in [1.807, 2.05) is 36.4 Å². The number of carbonyl (C=O) groups excluding carboxylic acids is 1. The molecule has 1 unspecified atom stereocenters. The number of hydrogen-bond acceptors (Lipinski definition) is 6. The maximum absolute atomic E-state index is 14.0. The van der Waals surface area contributed by atoms with Gasteiger partial charge in [-0.1, -0.05) is 77.0 Å². The first-order valence-electron chi connectivity index (χ1n) is 12.9. The van der Waals surface area contributed by atoms with Gasteiger partial charge in [0, 0.05) is 15.6 Å². The number of esters is 1. The van der Waals surface area contributed by atoms with Crippen molar-refractivity contribution in [1.82, 2.24) is 4.57 Å². The summed E-state index contributed by atoms with van der Waals surface area (Å²) in [6.07, 6.45) is 3.44. The highest BCUT2D eigenvalue weighted by Crippen LogP contribution is 2.43. The molecule has 0 N–H and O–H groups in total. The number of aromatic nitrogens is 1. The Labute approximate surface area is 244 Å². The number of carbonyl (C=O) groups is 1. The van der Waals surface area contributed by atoms with Crippen LogP contribution in [0.15, 0.2) is 82.1 Å². The molecule has 1 aliphatic heterocycles. The molecule has 0 saturated heterocycles. The van der Waals surface area contributed by atoms with Crippen LogP contribution in [0.1, 0.15) is 41.6 Å². The van der Waals surface area contributed by atoms with Gasteiger partial charge in [0.2, 0.25) is 0 Å². The number of halogens is 2. The van der Waals surface area contributed by atoms with E-state index in [4.69, 9.17) is 37.7 Å². The first kappa shape index (κ1) is 26.6. The monoisotopic (exact) mass is 590 g/mol. The Morgan fingerprint density at radius 3 is 2.77 bits per heavy atom. The Bertz CT molecular complexity index is 1860. The molecule has 6 rings (SSSR count). The molecule has 0 radical (unpaired) electrons. The van der Waals surface area contributed by atoms with Crippen molar-refractivity contribution in [2.45, 2.75) is 25.8 Å². The maximum atomic E-state index is 14.0. The van der Waals surface area contributed by atoms with Crippen LogP contribution >= 0.6 is 34.5 Å². The molecule has 2 aliphatic rings. The number of nitrogens with zero attached hydrogens (tertiary/aromatic N) is 2. The minimum absolute atomic E-state index is 0.150. The molecule has 0 fully saturated rings. The van der Waals surface area contributed by atoms with Gasteiger partial charge in [-0.3, -0.25) is 9.36 Å². The third-order valence-corrected chi connectivity index (χ3v) is 8.49. The molecule has 202 valence electrons. The minimum Gasteiger partial charge on any atom is -0.482 e. The number of hydrogen-bond donors (Lipinski definition) is 0. The highest BCUT2D eigenvalue weighted by molar-refractivity contribution is 7.07. The Hall–Kier alpha value is -3.65. The van der Waals surface area contributed by atoms with Gasteiger partial charge in [-0.15, -0.1) is 0 Å². The van der Waals surface area contributed by atoms with Crippen LogP contribution in [0.2, 0.25) is 10.0 Å². The van der Waals surface area contributed by atoms with Crippen molar-refractivity contribution >= 4 is 52.3 Å². The molecule has 0 saturated carbocycles. The van der Waals surface area contributed by atoms with Crippen molar-refractivity contribution in [3.05, 3.63) is 124 Å². The lowest BCUT2D eigenvalue weighted by molar-refractivity contribution is -0.145. The van der Waals surface area contributed by atoms with E-state index in [-0.39, 0.29) is 12.2 Å². The van der Waals surface area contributed by atoms with Crippen LogP contribution < -0.4 is 19.6 Å². The van der Waals surface area contributed by atoms with E-state index in [9.17, 15) is 9.59 Å². The minimum atomic E-state index is -0.437. The molecule has 1 aliphatic carbocycles.